The van der Waals surface area contributed by atoms with Crippen LogP contribution in [0, 0.1) is 5.92 Å². The molecule has 0 spiro atoms. The van der Waals surface area contributed by atoms with E-state index < -0.39 is 0 Å². The van der Waals surface area contributed by atoms with Gasteiger partial charge in [-0.3, -0.25) is 4.79 Å². The highest BCUT2D eigenvalue weighted by Gasteiger charge is 2.24. The normalized spacial score (nSPS) is 16.6. The van der Waals surface area contributed by atoms with Crippen molar-refractivity contribution >= 4 is 34.2 Å². The number of fused-ring (bicyclic) bond motifs is 1. The summed E-state index contributed by atoms with van der Waals surface area (Å²) in [6.45, 7) is 6.77. The van der Waals surface area contributed by atoms with Gasteiger partial charge in [0.1, 0.15) is 12.4 Å². The highest BCUT2D eigenvalue weighted by atomic mass is 35.5. The zero-order valence-corrected chi connectivity index (χ0v) is 17.9. The minimum atomic E-state index is 0.0685. The van der Waals surface area contributed by atoms with E-state index in [9.17, 15) is 4.79 Å². The third-order valence-electron chi connectivity index (χ3n) is 5.80. The number of pyridine rings is 1. The summed E-state index contributed by atoms with van der Waals surface area (Å²) in [4.78, 5) is 12.2. The number of Topliss-reactive ketones (excluding diaryl/α,β-unsaturated/α-hetero) is 1. The minimum Gasteiger partial charge on any atom is -0.290 e. The van der Waals surface area contributed by atoms with Gasteiger partial charge in [-0.25, -0.2) is 4.57 Å². The molecule has 1 aliphatic rings. The van der Waals surface area contributed by atoms with Gasteiger partial charge in [0.25, 0.3) is 5.65 Å². The molecule has 1 aromatic carbocycles. The van der Waals surface area contributed by atoms with Crippen LogP contribution >= 0.6 is 11.6 Å². The lowest BCUT2D eigenvalue weighted by molar-refractivity contribution is -0.667. The second kappa shape index (κ2) is 8.00. The largest absolute Gasteiger partial charge is 0.290 e. The monoisotopic (exact) mass is 405 g/mol. The van der Waals surface area contributed by atoms with Gasteiger partial charge in [-0.15, -0.1) is 0 Å². The smallest absolute Gasteiger partial charge is 0.286 e. The van der Waals surface area contributed by atoms with Gasteiger partial charge in [-0.1, -0.05) is 42.8 Å². The average molecular weight is 406 g/mol. The summed E-state index contributed by atoms with van der Waals surface area (Å²) in [6, 6.07) is 12.4. The number of hydrogen-bond donors (Lipinski definition) is 0. The van der Waals surface area contributed by atoms with Crippen molar-refractivity contribution in [1.82, 2.24) is 4.40 Å². The Hall–Kier alpha value is -2.65. The number of rotatable bonds is 5. The van der Waals surface area contributed by atoms with Crippen molar-refractivity contribution in [3.63, 3.8) is 0 Å². The number of aromatic nitrogens is 2. The van der Waals surface area contributed by atoms with Crippen LogP contribution in [0.4, 0.5) is 0 Å². The Labute approximate surface area is 176 Å². The molecule has 0 saturated heterocycles. The molecule has 0 saturated carbocycles. The van der Waals surface area contributed by atoms with Gasteiger partial charge in [-0.05, 0) is 60.6 Å². The summed E-state index contributed by atoms with van der Waals surface area (Å²) in [6.07, 6.45) is 10.6. The van der Waals surface area contributed by atoms with Crippen LogP contribution in [0.15, 0.2) is 60.9 Å². The maximum Gasteiger partial charge on any atom is 0.286 e. The van der Waals surface area contributed by atoms with Crippen LogP contribution in [0.5, 0.6) is 0 Å². The molecule has 1 atom stereocenters. The zero-order chi connectivity index (χ0) is 20.5. The summed E-state index contributed by atoms with van der Waals surface area (Å²) in [7, 11) is 0. The number of carbonyl (C=O) groups is 1. The quantitative estimate of drug-likeness (QED) is 0.377. The lowest BCUT2D eigenvalue weighted by Crippen LogP contribution is -2.30. The summed E-state index contributed by atoms with van der Waals surface area (Å²) >= 11 is 6.32. The Morgan fingerprint density at radius 3 is 2.72 bits per heavy atom. The van der Waals surface area contributed by atoms with Crippen LogP contribution in [0.1, 0.15) is 55.2 Å². The van der Waals surface area contributed by atoms with Gasteiger partial charge in [-0.2, -0.15) is 4.40 Å². The first kappa shape index (κ1) is 19.7. The number of allylic oxidation sites excluding steroid dienone is 4. The fraction of sp³-hybridized carbons (Fsp3) is 0.280. The second-order valence-corrected chi connectivity index (χ2v) is 8.02. The van der Waals surface area contributed by atoms with Crippen molar-refractivity contribution in [2.45, 2.75) is 40.2 Å². The van der Waals surface area contributed by atoms with Gasteiger partial charge in [0.2, 0.25) is 11.5 Å². The van der Waals surface area contributed by atoms with Crippen molar-refractivity contribution in [2.24, 2.45) is 5.92 Å². The predicted octanol–water partition coefficient (Wildman–Crippen LogP) is 6.00. The maximum absolute atomic E-state index is 12.2. The average Bonchev–Trinajstić information content (AvgIpc) is 3.11. The van der Waals surface area contributed by atoms with Crippen LogP contribution in [-0.2, 0) is 6.54 Å². The number of nitrogens with zero attached hydrogens (tertiary/aromatic N) is 2. The van der Waals surface area contributed by atoms with Crippen molar-refractivity contribution in [1.29, 1.82) is 0 Å². The Kier molecular flexibility index (Phi) is 5.42. The number of imidazole rings is 1. The first-order valence-electron chi connectivity index (χ1n) is 10.3. The number of benzene rings is 1. The minimum absolute atomic E-state index is 0.0685. The van der Waals surface area contributed by atoms with Gasteiger partial charge < -0.3 is 0 Å². The summed E-state index contributed by atoms with van der Waals surface area (Å²) < 4.78 is 4.13. The first-order valence-corrected chi connectivity index (χ1v) is 10.6. The molecule has 0 bridgehead atoms. The van der Waals surface area contributed by atoms with Crippen LogP contribution in [0.2, 0.25) is 5.02 Å². The highest BCUT2D eigenvalue weighted by molar-refractivity contribution is 6.30. The van der Waals surface area contributed by atoms with E-state index in [1.807, 2.05) is 22.7 Å². The molecule has 3 nitrogen and oxygen atoms in total. The third-order valence-corrected chi connectivity index (χ3v) is 6.04. The molecule has 0 fully saturated rings. The van der Waals surface area contributed by atoms with E-state index in [4.69, 9.17) is 11.6 Å². The molecule has 1 unspecified atom stereocenters. The van der Waals surface area contributed by atoms with E-state index in [-0.39, 0.29) is 5.78 Å². The van der Waals surface area contributed by atoms with E-state index in [0.717, 1.165) is 35.6 Å². The lowest BCUT2D eigenvalue weighted by Gasteiger charge is -2.25. The Morgan fingerprint density at radius 2 is 2.03 bits per heavy atom. The highest BCUT2D eigenvalue weighted by Crippen LogP contribution is 2.40. The molecule has 4 heteroatoms. The van der Waals surface area contributed by atoms with E-state index in [0.29, 0.717) is 11.6 Å². The third kappa shape index (κ3) is 3.56. The van der Waals surface area contributed by atoms with E-state index >= 15 is 0 Å². The first-order chi connectivity index (χ1) is 14.0. The molecule has 3 aromatic rings. The molecule has 0 aliphatic heterocycles. The molecule has 0 N–H and O–H groups in total. The van der Waals surface area contributed by atoms with Crippen molar-refractivity contribution in [3.8, 4) is 0 Å². The second-order valence-electron chi connectivity index (χ2n) is 7.58. The topological polar surface area (TPSA) is 25.4 Å². The number of ketones is 1. The Balaban J connectivity index is 1.97. The predicted molar refractivity (Wildman–Crippen MR) is 119 cm³/mol. The molecule has 4 rings (SSSR count). The summed E-state index contributed by atoms with van der Waals surface area (Å²) in [5.41, 5.74) is 6.56. The molecule has 2 aromatic heterocycles. The number of halogens is 1. The van der Waals surface area contributed by atoms with Crippen molar-refractivity contribution in [2.75, 3.05) is 0 Å². The zero-order valence-electron chi connectivity index (χ0n) is 17.2. The standard InChI is InChI=1S/C25H26ClN2O/c1-4-18-8-7-11-22(25(18)19-9-6-10-21(26)14-19)20-12-13-24-27(5-2)16-23(17(3)29)28(24)15-20/h6-7,9-16,18H,4-5,8H2,1-3H3/q+1. The molecule has 29 heavy (non-hydrogen) atoms. The fourth-order valence-corrected chi connectivity index (χ4v) is 4.51. The number of hydrogen-bond acceptors (Lipinski definition) is 1. The molecule has 0 amide bonds. The Morgan fingerprint density at radius 1 is 1.21 bits per heavy atom. The van der Waals surface area contributed by atoms with Gasteiger partial charge >= 0.3 is 0 Å². The SMILES string of the molecule is CCC1CC=CC(c2ccc3n(c2)c(C(C)=O)c[n+]3CC)=C1c1cccc(Cl)c1. The van der Waals surface area contributed by atoms with E-state index in [1.54, 1.807) is 6.92 Å². The van der Waals surface area contributed by atoms with Gasteiger partial charge in [0, 0.05) is 23.6 Å². The lowest BCUT2D eigenvalue weighted by atomic mass is 9.79. The number of carbonyl (C=O) groups excluding carboxylic acids is 1. The summed E-state index contributed by atoms with van der Waals surface area (Å²) in [5, 5.41) is 0.752. The molecule has 2 heterocycles. The Bertz CT molecular complexity index is 1150. The number of aryl methyl sites for hydroxylation is 1. The molecular formula is C25H26ClN2O+. The molecule has 1 aliphatic carbocycles. The maximum atomic E-state index is 12.2. The van der Waals surface area contributed by atoms with E-state index in [2.05, 4.69) is 61.0 Å². The van der Waals surface area contributed by atoms with Crippen LogP contribution in [-0.4, -0.2) is 10.2 Å². The van der Waals surface area contributed by atoms with Crippen LogP contribution < -0.4 is 4.57 Å². The molecule has 148 valence electrons. The van der Waals surface area contributed by atoms with Crippen LogP contribution in [0.3, 0.4) is 0 Å². The summed E-state index contributed by atoms with van der Waals surface area (Å²) in [5.74, 6) is 0.515. The van der Waals surface area contributed by atoms with Crippen LogP contribution in [0.25, 0.3) is 16.8 Å². The van der Waals surface area contributed by atoms with Gasteiger partial charge in [0.15, 0.2) is 0 Å². The molecule has 0 radical (unpaired) electrons. The molecular weight excluding hydrogens is 380 g/mol. The van der Waals surface area contributed by atoms with Crippen molar-refractivity contribution < 1.29 is 9.36 Å². The fourth-order valence-electron chi connectivity index (χ4n) is 4.32. The van der Waals surface area contributed by atoms with E-state index in [1.165, 1.54) is 16.7 Å². The van der Waals surface area contributed by atoms with Gasteiger partial charge in [0.05, 0.1) is 6.54 Å². The van der Waals surface area contributed by atoms with Crippen molar-refractivity contribution in [3.05, 3.63) is 82.8 Å².